The van der Waals surface area contributed by atoms with Gasteiger partial charge in [-0.2, -0.15) is 12.6 Å². The second kappa shape index (κ2) is 8.34. The van der Waals surface area contributed by atoms with E-state index < -0.39 is 0 Å². The normalized spacial score (nSPS) is 12.5. The number of amides is 1. The lowest BCUT2D eigenvalue weighted by atomic mass is 10.3. The molecule has 0 saturated heterocycles. The molecule has 0 aromatic heterocycles. The van der Waals surface area contributed by atoms with Crippen molar-refractivity contribution in [3.63, 3.8) is 0 Å². The monoisotopic (exact) mass is 207 g/mol. The summed E-state index contributed by atoms with van der Waals surface area (Å²) in [5.41, 5.74) is 0. The molecule has 78 valence electrons. The van der Waals surface area contributed by atoms with Crippen LogP contribution in [0.2, 0.25) is 0 Å². The summed E-state index contributed by atoms with van der Waals surface area (Å²) in [5.74, 6) is 0.557. The molecule has 13 heavy (non-hydrogen) atoms. The first kappa shape index (κ1) is 12.7. The molecule has 0 bridgehead atoms. The maximum atomic E-state index is 11.0. The Labute approximate surface area is 84.4 Å². The summed E-state index contributed by atoms with van der Waals surface area (Å²) in [4.78, 5) is 11.0. The van der Waals surface area contributed by atoms with E-state index in [0.29, 0.717) is 25.3 Å². The molecule has 4 nitrogen and oxygen atoms in total. The lowest BCUT2D eigenvalue weighted by Crippen LogP contribution is -2.35. The third-order valence-electron chi connectivity index (χ3n) is 1.55. The van der Waals surface area contributed by atoms with Gasteiger partial charge in [0.2, 0.25) is 5.91 Å². The van der Waals surface area contributed by atoms with Gasteiger partial charge in [-0.05, 0) is 5.75 Å². The highest BCUT2D eigenvalue weighted by Crippen LogP contribution is 1.90. The van der Waals surface area contributed by atoms with Gasteiger partial charge in [0.05, 0.1) is 12.7 Å². The second-order valence-electron chi connectivity index (χ2n) is 2.59. The van der Waals surface area contributed by atoms with E-state index in [-0.39, 0.29) is 12.0 Å². The average molecular weight is 207 g/mol. The van der Waals surface area contributed by atoms with E-state index in [1.165, 1.54) is 0 Å². The molecule has 0 aliphatic heterocycles. The number of methoxy groups -OCH3 is 2. The van der Waals surface area contributed by atoms with Crippen molar-refractivity contribution >= 4 is 18.5 Å². The Hall–Kier alpha value is -0.260. The largest absolute Gasteiger partial charge is 0.382 e. The van der Waals surface area contributed by atoms with E-state index in [9.17, 15) is 4.79 Å². The standard InChI is InChI=1S/C8H17NO3S/c1-11-6-7(12-2)5-9-8(10)3-4-13/h7,13H,3-6H2,1-2H3,(H,9,10). The van der Waals surface area contributed by atoms with Crippen molar-refractivity contribution in [2.45, 2.75) is 12.5 Å². The van der Waals surface area contributed by atoms with Crippen molar-refractivity contribution < 1.29 is 14.3 Å². The number of carbonyl (C=O) groups excluding carboxylic acids is 1. The first-order chi connectivity index (χ1) is 6.24. The van der Waals surface area contributed by atoms with Crippen LogP contribution in [0.1, 0.15) is 6.42 Å². The predicted octanol–water partition coefficient (Wildman–Crippen LogP) is 0.0839. The van der Waals surface area contributed by atoms with E-state index in [4.69, 9.17) is 9.47 Å². The van der Waals surface area contributed by atoms with Gasteiger partial charge in [0.1, 0.15) is 0 Å². The molecule has 1 unspecified atom stereocenters. The quantitative estimate of drug-likeness (QED) is 0.581. The molecule has 0 spiro atoms. The Morgan fingerprint density at radius 1 is 1.54 bits per heavy atom. The molecule has 0 radical (unpaired) electrons. The first-order valence-electron chi connectivity index (χ1n) is 4.13. The maximum absolute atomic E-state index is 11.0. The van der Waals surface area contributed by atoms with Crippen molar-refractivity contribution in [3.05, 3.63) is 0 Å². The smallest absolute Gasteiger partial charge is 0.220 e. The number of ether oxygens (including phenoxy) is 2. The van der Waals surface area contributed by atoms with E-state index in [0.717, 1.165) is 0 Å². The van der Waals surface area contributed by atoms with Gasteiger partial charge < -0.3 is 14.8 Å². The van der Waals surface area contributed by atoms with Crippen LogP contribution in [-0.2, 0) is 14.3 Å². The van der Waals surface area contributed by atoms with Crippen LogP contribution in [0.15, 0.2) is 0 Å². The summed E-state index contributed by atoms with van der Waals surface area (Å²) in [5, 5.41) is 2.73. The highest BCUT2D eigenvalue weighted by molar-refractivity contribution is 7.80. The van der Waals surface area contributed by atoms with Crippen LogP contribution in [0, 0.1) is 0 Å². The van der Waals surface area contributed by atoms with E-state index in [1.807, 2.05) is 0 Å². The lowest BCUT2D eigenvalue weighted by molar-refractivity contribution is -0.121. The lowest BCUT2D eigenvalue weighted by Gasteiger charge is -2.14. The molecule has 1 N–H and O–H groups in total. The zero-order valence-corrected chi connectivity index (χ0v) is 8.97. The minimum Gasteiger partial charge on any atom is -0.382 e. The number of hydrogen-bond acceptors (Lipinski definition) is 4. The third-order valence-corrected chi connectivity index (χ3v) is 1.78. The molecule has 0 rings (SSSR count). The summed E-state index contributed by atoms with van der Waals surface area (Å²) in [7, 11) is 3.19. The van der Waals surface area contributed by atoms with Gasteiger partial charge in [-0.1, -0.05) is 0 Å². The van der Waals surface area contributed by atoms with Crippen LogP contribution in [0.5, 0.6) is 0 Å². The number of hydrogen-bond donors (Lipinski definition) is 2. The second-order valence-corrected chi connectivity index (χ2v) is 3.04. The molecule has 0 aliphatic carbocycles. The first-order valence-corrected chi connectivity index (χ1v) is 4.77. The van der Waals surface area contributed by atoms with Crippen molar-refractivity contribution in [2.24, 2.45) is 0 Å². The van der Waals surface area contributed by atoms with Crippen molar-refractivity contribution in [3.8, 4) is 0 Å². The molecule has 0 aromatic carbocycles. The predicted molar refractivity (Wildman–Crippen MR) is 54.2 cm³/mol. The summed E-state index contributed by atoms with van der Waals surface area (Å²) in [6, 6.07) is 0. The fourth-order valence-corrected chi connectivity index (χ4v) is 1.02. The van der Waals surface area contributed by atoms with Crippen LogP contribution >= 0.6 is 12.6 Å². The highest BCUT2D eigenvalue weighted by atomic mass is 32.1. The van der Waals surface area contributed by atoms with Crippen molar-refractivity contribution in [1.82, 2.24) is 5.32 Å². The summed E-state index contributed by atoms with van der Waals surface area (Å²) < 4.78 is 9.96. The van der Waals surface area contributed by atoms with Gasteiger partial charge in [0.15, 0.2) is 0 Å². The van der Waals surface area contributed by atoms with E-state index >= 15 is 0 Å². The average Bonchev–Trinajstić information content (AvgIpc) is 2.12. The van der Waals surface area contributed by atoms with Crippen LogP contribution in [0.25, 0.3) is 0 Å². The molecule has 0 saturated carbocycles. The summed E-state index contributed by atoms with van der Waals surface area (Å²) in [6.45, 7) is 0.967. The third kappa shape index (κ3) is 6.86. The summed E-state index contributed by atoms with van der Waals surface area (Å²) >= 11 is 3.95. The SMILES string of the molecule is COCC(CNC(=O)CCS)OC. The van der Waals surface area contributed by atoms with Gasteiger partial charge in [-0.3, -0.25) is 4.79 Å². The fourth-order valence-electron chi connectivity index (χ4n) is 0.814. The zero-order valence-electron chi connectivity index (χ0n) is 8.08. The number of carbonyl (C=O) groups is 1. The minimum absolute atomic E-state index is 0.00634. The molecule has 0 fully saturated rings. The molecule has 1 amide bonds. The molecule has 0 aliphatic rings. The minimum atomic E-state index is -0.0751. The van der Waals surface area contributed by atoms with Crippen LogP contribution in [0.3, 0.4) is 0 Å². The molecular formula is C8H17NO3S. The van der Waals surface area contributed by atoms with Crippen molar-refractivity contribution in [2.75, 3.05) is 33.1 Å². The van der Waals surface area contributed by atoms with E-state index in [2.05, 4.69) is 17.9 Å². The highest BCUT2D eigenvalue weighted by Gasteiger charge is 2.07. The van der Waals surface area contributed by atoms with Gasteiger partial charge in [-0.15, -0.1) is 0 Å². The van der Waals surface area contributed by atoms with Gasteiger partial charge in [0.25, 0.3) is 0 Å². The number of thiol groups is 1. The molecule has 5 heteroatoms. The van der Waals surface area contributed by atoms with Gasteiger partial charge in [0, 0.05) is 27.2 Å². The van der Waals surface area contributed by atoms with Crippen LogP contribution in [-0.4, -0.2) is 45.1 Å². The molecule has 1 atom stereocenters. The Morgan fingerprint density at radius 3 is 2.69 bits per heavy atom. The molecular weight excluding hydrogens is 190 g/mol. The zero-order chi connectivity index (χ0) is 10.1. The fraction of sp³-hybridized carbons (Fsp3) is 0.875. The topological polar surface area (TPSA) is 47.6 Å². The van der Waals surface area contributed by atoms with Crippen LogP contribution in [0.4, 0.5) is 0 Å². The van der Waals surface area contributed by atoms with Crippen LogP contribution < -0.4 is 5.32 Å². The Kier molecular flexibility index (Phi) is 8.18. The Bertz CT molecular complexity index is 143. The number of nitrogens with one attached hydrogen (secondary N) is 1. The molecule has 0 aromatic rings. The van der Waals surface area contributed by atoms with Gasteiger partial charge >= 0.3 is 0 Å². The Morgan fingerprint density at radius 2 is 2.23 bits per heavy atom. The molecule has 0 heterocycles. The van der Waals surface area contributed by atoms with Crippen molar-refractivity contribution in [1.29, 1.82) is 0 Å². The van der Waals surface area contributed by atoms with E-state index in [1.54, 1.807) is 14.2 Å². The summed E-state index contributed by atoms with van der Waals surface area (Å²) in [6.07, 6.45) is 0.362. The van der Waals surface area contributed by atoms with Gasteiger partial charge in [-0.25, -0.2) is 0 Å². The number of rotatable bonds is 7. The maximum Gasteiger partial charge on any atom is 0.220 e. The Balaban J connectivity index is 3.52.